The van der Waals surface area contributed by atoms with Crippen molar-refractivity contribution in [3.05, 3.63) is 101 Å². The fourth-order valence-electron chi connectivity index (χ4n) is 4.73. The standard InChI is InChI=1S/C28H27N3O4/c1-18-4-2-5-19(12-18)13-21-15-29-16-24(30-21)25-6-3-11-31(25)17-22-8-10-27(35-22)20-7-9-23(28(33)34)26(32)14-20/h2,4-5,7-10,12,14-16,25,32H,3,6,11,13,17H2,1H3,(H,33,34)/t25-/m1/s1. The van der Waals surface area contributed by atoms with Crippen LogP contribution in [0.2, 0.25) is 0 Å². The molecule has 2 N–H and O–H groups in total. The molecule has 0 aliphatic carbocycles. The second kappa shape index (κ2) is 9.72. The van der Waals surface area contributed by atoms with Gasteiger partial charge in [-0.2, -0.15) is 0 Å². The average molecular weight is 470 g/mol. The van der Waals surface area contributed by atoms with Gasteiger partial charge in [-0.1, -0.05) is 35.9 Å². The van der Waals surface area contributed by atoms with Gasteiger partial charge in [0.2, 0.25) is 0 Å². The smallest absolute Gasteiger partial charge is 0.339 e. The van der Waals surface area contributed by atoms with E-state index in [0.717, 1.165) is 43.0 Å². The Balaban J connectivity index is 1.30. The van der Waals surface area contributed by atoms with Crippen molar-refractivity contribution in [2.75, 3.05) is 6.54 Å². The Kier molecular flexibility index (Phi) is 6.33. The third-order valence-corrected chi connectivity index (χ3v) is 6.41. The summed E-state index contributed by atoms with van der Waals surface area (Å²) in [5, 5.41) is 19.1. The number of hydrogen-bond acceptors (Lipinski definition) is 6. The molecule has 1 aliphatic heterocycles. The number of aromatic nitrogens is 2. The zero-order chi connectivity index (χ0) is 24.4. The second-order valence-corrected chi connectivity index (χ2v) is 9.03. The summed E-state index contributed by atoms with van der Waals surface area (Å²) >= 11 is 0. The third-order valence-electron chi connectivity index (χ3n) is 6.41. The minimum absolute atomic E-state index is 0.133. The molecule has 5 rings (SSSR count). The molecule has 0 saturated carbocycles. The minimum Gasteiger partial charge on any atom is -0.507 e. The zero-order valence-electron chi connectivity index (χ0n) is 19.5. The van der Waals surface area contributed by atoms with Crippen molar-refractivity contribution in [3.63, 3.8) is 0 Å². The first kappa shape index (κ1) is 22.8. The molecule has 0 amide bonds. The molecule has 0 bridgehead atoms. The van der Waals surface area contributed by atoms with Crippen molar-refractivity contribution in [2.45, 2.75) is 38.8 Å². The van der Waals surface area contributed by atoms with Crippen molar-refractivity contribution in [1.82, 2.24) is 14.9 Å². The normalized spacial score (nSPS) is 16.0. The van der Waals surface area contributed by atoms with Gasteiger partial charge in [0.1, 0.15) is 22.8 Å². The number of likely N-dealkylation sites (tertiary alicyclic amines) is 1. The number of aromatic hydroxyl groups is 1. The first-order valence-corrected chi connectivity index (χ1v) is 11.7. The molecule has 1 atom stereocenters. The highest BCUT2D eigenvalue weighted by Gasteiger charge is 2.28. The van der Waals surface area contributed by atoms with Crippen LogP contribution in [0.1, 0.15) is 57.5 Å². The molecule has 7 nitrogen and oxygen atoms in total. The van der Waals surface area contributed by atoms with Crippen LogP contribution in [0.15, 0.2) is 71.4 Å². The molecule has 178 valence electrons. The van der Waals surface area contributed by atoms with Crippen molar-refractivity contribution in [2.24, 2.45) is 0 Å². The van der Waals surface area contributed by atoms with Gasteiger partial charge >= 0.3 is 5.97 Å². The lowest BCUT2D eigenvalue weighted by Gasteiger charge is -2.23. The molecule has 1 saturated heterocycles. The van der Waals surface area contributed by atoms with E-state index in [1.165, 1.54) is 23.3 Å². The number of carbonyl (C=O) groups is 1. The van der Waals surface area contributed by atoms with Gasteiger partial charge in [-0.3, -0.25) is 14.9 Å². The number of carboxylic acids is 1. The molecule has 35 heavy (non-hydrogen) atoms. The molecule has 2 aromatic carbocycles. The molecular formula is C28H27N3O4. The largest absolute Gasteiger partial charge is 0.507 e. The van der Waals surface area contributed by atoms with Gasteiger partial charge in [0, 0.05) is 24.4 Å². The number of benzene rings is 2. The highest BCUT2D eigenvalue weighted by atomic mass is 16.4. The quantitative estimate of drug-likeness (QED) is 0.375. The van der Waals surface area contributed by atoms with E-state index in [-0.39, 0.29) is 17.4 Å². The Bertz CT molecular complexity index is 1360. The number of aryl methyl sites for hydroxylation is 1. The molecule has 1 fully saturated rings. The maximum absolute atomic E-state index is 11.1. The highest BCUT2D eigenvalue weighted by Crippen LogP contribution is 2.34. The van der Waals surface area contributed by atoms with Crippen LogP contribution in [-0.2, 0) is 13.0 Å². The van der Waals surface area contributed by atoms with Crippen LogP contribution < -0.4 is 0 Å². The monoisotopic (exact) mass is 469 g/mol. The second-order valence-electron chi connectivity index (χ2n) is 9.03. The van der Waals surface area contributed by atoms with Gasteiger partial charge < -0.3 is 14.6 Å². The minimum atomic E-state index is -1.17. The summed E-state index contributed by atoms with van der Waals surface area (Å²) in [6.45, 7) is 3.67. The SMILES string of the molecule is Cc1cccc(Cc2cncc([C@H]3CCCN3Cc3ccc(-c4ccc(C(=O)O)c(O)c4)o3)n2)c1. The molecule has 2 aromatic heterocycles. The van der Waals surface area contributed by atoms with Gasteiger partial charge in [0.25, 0.3) is 0 Å². The number of furan rings is 1. The lowest BCUT2D eigenvalue weighted by molar-refractivity contribution is 0.0693. The topological polar surface area (TPSA) is 99.7 Å². The van der Waals surface area contributed by atoms with E-state index in [9.17, 15) is 9.90 Å². The molecule has 0 spiro atoms. The fraction of sp³-hybridized carbons (Fsp3) is 0.250. The van der Waals surface area contributed by atoms with Crippen molar-refractivity contribution < 1.29 is 19.4 Å². The molecule has 3 heterocycles. The van der Waals surface area contributed by atoms with E-state index in [4.69, 9.17) is 14.5 Å². The van der Waals surface area contributed by atoms with Crippen LogP contribution in [0, 0.1) is 6.92 Å². The Morgan fingerprint density at radius 1 is 1.14 bits per heavy atom. The summed E-state index contributed by atoms with van der Waals surface area (Å²) in [7, 11) is 0. The van der Waals surface area contributed by atoms with E-state index in [2.05, 4.69) is 41.1 Å². The predicted octanol–water partition coefficient (Wildman–Crippen LogP) is 5.38. The molecule has 0 unspecified atom stereocenters. The van der Waals surface area contributed by atoms with E-state index >= 15 is 0 Å². The molecule has 1 aliphatic rings. The number of nitrogens with zero attached hydrogens (tertiary/aromatic N) is 3. The Morgan fingerprint density at radius 3 is 2.83 bits per heavy atom. The van der Waals surface area contributed by atoms with Gasteiger partial charge in [0.15, 0.2) is 0 Å². The van der Waals surface area contributed by atoms with Gasteiger partial charge in [-0.15, -0.1) is 0 Å². The van der Waals surface area contributed by atoms with Gasteiger partial charge in [0.05, 0.1) is 24.0 Å². The Morgan fingerprint density at radius 2 is 2.03 bits per heavy atom. The van der Waals surface area contributed by atoms with Crippen LogP contribution >= 0.6 is 0 Å². The Labute approximate surface area is 203 Å². The van der Waals surface area contributed by atoms with Crippen LogP contribution in [0.3, 0.4) is 0 Å². The van der Waals surface area contributed by atoms with Gasteiger partial charge in [-0.05, 0) is 56.1 Å². The lowest BCUT2D eigenvalue weighted by atomic mass is 10.1. The number of rotatable bonds is 7. The van der Waals surface area contributed by atoms with Crippen molar-refractivity contribution in [1.29, 1.82) is 0 Å². The summed E-state index contributed by atoms with van der Waals surface area (Å²) in [5.41, 5.74) is 4.90. The predicted molar refractivity (Wildman–Crippen MR) is 131 cm³/mol. The zero-order valence-corrected chi connectivity index (χ0v) is 19.5. The maximum atomic E-state index is 11.1. The average Bonchev–Trinajstić information content (AvgIpc) is 3.49. The van der Waals surface area contributed by atoms with Crippen molar-refractivity contribution in [3.8, 4) is 17.1 Å². The summed E-state index contributed by atoms with van der Waals surface area (Å²) < 4.78 is 6.05. The summed E-state index contributed by atoms with van der Waals surface area (Å²) in [5.74, 6) is -0.0579. The van der Waals surface area contributed by atoms with Crippen molar-refractivity contribution >= 4 is 5.97 Å². The van der Waals surface area contributed by atoms with E-state index in [1.54, 1.807) is 6.07 Å². The van der Waals surface area contributed by atoms with Gasteiger partial charge in [-0.25, -0.2) is 4.79 Å². The van der Waals surface area contributed by atoms with Crippen LogP contribution in [0.4, 0.5) is 0 Å². The number of phenols is 1. The molecule has 0 radical (unpaired) electrons. The third kappa shape index (κ3) is 5.10. The molecular weight excluding hydrogens is 442 g/mol. The molecule has 4 aromatic rings. The summed E-state index contributed by atoms with van der Waals surface area (Å²) in [6.07, 6.45) is 6.55. The molecule has 7 heteroatoms. The first-order chi connectivity index (χ1) is 17.0. The van der Waals surface area contributed by atoms with Crippen LogP contribution in [0.25, 0.3) is 11.3 Å². The van der Waals surface area contributed by atoms with Crippen LogP contribution in [0.5, 0.6) is 5.75 Å². The fourth-order valence-corrected chi connectivity index (χ4v) is 4.73. The van der Waals surface area contributed by atoms with E-state index in [0.29, 0.717) is 17.9 Å². The van der Waals surface area contributed by atoms with E-state index < -0.39 is 5.97 Å². The summed E-state index contributed by atoms with van der Waals surface area (Å²) in [4.78, 5) is 22.9. The van der Waals surface area contributed by atoms with Crippen LogP contribution in [-0.4, -0.2) is 37.6 Å². The Hall–Kier alpha value is -3.97. The van der Waals surface area contributed by atoms with E-state index in [1.807, 2.05) is 24.5 Å². The number of aromatic carboxylic acids is 1. The first-order valence-electron chi connectivity index (χ1n) is 11.7. The lowest BCUT2D eigenvalue weighted by Crippen LogP contribution is -2.23. The number of carboxylic acid groups (broad SMARTS) is 1. The number of hydrogen-bond donors (Lipinski definition) is 2. The highest BCUT2D eigenvalue weighted by molar-refractivity contribution is 5.91. The maximum Gasteiger partial charge on any atom is 0.339 e. The summed E-state index contributed by atoms with van der Waals surface area (Å²) in [6, 6.07) is 16.8.